The number of hydrogen-bond donors (Lipinski definition) is 0. The number of nitrogens with zero attached hydrogens (tertiary/aromatic N) is 2. The van der Waals surface area contributed by atoms with Crippen molar-refractivity contribution in [2.75, 3.05) is 0 Å². The second-order valence-corrected chi connectivity index (χ2v) is 20.8. The molecule has 1 aliphatic carbocycles. The SMILES string of the molecule is CC(C)CC(=Nc1ccc([N+](=O)[O-])cc1)C1=C([O][Sn]([Cl])([c]2ccccc2)[c]2ccccc2)c2ccccc2C1=O. The Morgan fingerprint density at radius 2 is 1.38 bits per heavy atom. The van der Waals surface area contributed by atoms with Crippen LogP contribution in [0.1, 0.15) is 36.2 Å². The molecular weight excluding hydrogens is 631 g/mol. The van der Waals surface area contributed by atoms with Gasteiger partial charge in [-0.15, -0.1) is 0 Å². The van der Waals surface area contributed by atoms with Gasteiger partial charge in [-0.2, -0.15) is 0 Å². The molecule has 0 heterocycles. The Kier molecular flexibility index (Phi) is 8.19. The van der Waals surface area contributed by atoms with E-state index in [1.165, 1.54) is 12.1 Å². The van der Waals surface area contributed by atoms with E-state index in [1.807, 2.05) is 78.9 Å². The Labute approximate surface area is 241 Å². The van der Waals surface area contributed by atoms with Gasteiger partial charge < -0.3 is 0 Å². The second-order valence-electron chi connectivity index (χ2n) is 9.94. The third-order valence-electron chi connectivity index (χ3n) is 6.62. The molecule has 4 aromatic carbocycles. The number of Topliss-reactive ketones (excluding diaryl/α,β-unsaturated/α-hetero) is 1. The summed E-state index contributed by atoms with van der Waals surface area (Å²) in [5.41, 5.74) is 2.68. The van der Waals surface area contributed by atoms with Crippen molar-refractivity contribution in [2.24, 2.45) is 10.9 Å². The number of rotatable bonds is 9. The Bertz CT molecular complexity index is 1580. The zero-order valence-corrected chi connectivity index (χ0v) is 25.7. The number of non-ortho nitro benzene ring substituents is 1. The number of allylic oxidation sites excluding steroid dienone is 1. The summed E-state index contributed by atoms with van der Waals surface area (Å²) < 4.78 is 8.84. The molecule has 200 valence electrons. The summed E-state index contributed by atoms with van der Waals surface area (Å²) in [6, 6.07) is 33.0. The molecule has 0 unspecified atom stereocenters. The van der Waals surface area contributed by atoms with Crippen molar-refractivity contribution in [1.82, 2.24) is 0 Å². The molecule has 0 aliphatic heterocycles. The number of nitro groups is 1. The van der Waals surface area contributed by atoms with Gasteiger partial charge in [-0.3, -0.25) is 0 Å². The van der Waals surface area contributed by atoms with Crippen LogP contribution in [0.3, 0.4) is 0 Å². The summed E-state index contributed by atoms with van der Waals surface area (Å²) in [5, 5.41) is 11.2. The number of hydrogen-bond acceptors (Lipinski definition) is 5. The summed E-state index contributed by atoms with van der Waals surface area (Å²) >= 11 is -4.37. The van der Waals surface area contributed by atoms with Crippen molar-refractivity contribution in [3.8, 4) is 0 Å². The van der Waals surface area contributed by atoms with E-state index in [0.29, 0.717) is 40.3 Å². The van der Waals surface area contributed by atoms with Crippen LogP contribution in [0.15, 0.2) is 120 Å². The van der Waals surface area contributed by atoms with Crippen LogP contribution in [-0.2, 0) is 3.07 Å². The van der Waals surface area contributed by atoms with Gasteiger partial charge in [0.05, 0.1) is 0 Å². The van der Waals surface area contributed by atoms with Gasteiger partial charge in [-0.05, 0) is 0 Å². The van der Waals surface area contributed by atoms with Crippen molar-refractivity contribution in [3.63, 3.8) is 0 Å². The first-order chi connectivity index (χ1) is 19.3. The first-order valence-corrected chi connectivity index (χ1v) is 20.6. The molecule has 1 aliphatic rings. The van der Waals surface area contributed by atoms with Gasteiger partial charge in [0.25, 0.3) is 0 Å². The summed E-state index contributed by atoms with van der Waals surface area (Å²) in [6.45, 7) is 4.11. The molecule has 0 amide bonds. The molecule has 5 rings (SSSR count). The molecular formula is C32H27ClN2O4Sn. The van der Waals surface area contributed by atoms with Crippen LogP contribution >= 0.6 is 8.92 Å². The maximum absolute atomic E-state index is 14.0. The van der Waals surface area contributed by atoms with Gasteiger partial charge in [-0.1, -0.05) is 0 Å². The van der Waals surface area contributed by atoms with Gasteiger partial charge in [0.1, 0.15) is 0 Å². The Hall–Kier alpha value is -3.75. The monoisotopic (exact) mass is 658 g/mol. The summed E-state index contributed by atoms with van der Waals surface area (Å²) in [6.07, 6.45) is 0.500. The predicted molar refractivity (Wildman–Crippen MR) is 162 cm³/mol. The summed E-state index contributed by atoms with van der Waals surface area (Å²) in [5.74, 6) is 0.452. The van der Waals surface area contributed by atoms with Crippen LogP contribution in [0.25, 0.3) is 5.76 Å². The van der Waals surface area contributed by atoms with Gasteiger partial charge in [-0.25, -0.2) is 0 Å². The zero-order chi connectivity index (χ0) is 28.3. The molecule has 0 fully saturated rings. The van der Waals surface area contributed by atoms with Crippen LogP contribution in [-0.4, -0.2) is 34.1 Å². The van der Waals surface area contributed by atoms with E-state index in [4.69, 9.17) is 17.0 Å². The number of carbonyl (C=O) groups excluding carboxylic acids is 1. The zero-order valence-electron chi connectivity index (χ0n) is 22.1. The molecule has 0 N–H and O–H groups in total. The number of benzene rings is 4. The third-order valence-corrected chi connectivity index (χ3v) is 17.6. The van der Waals surface area contributed by atoms with Crippen molar-refractivity contribution in [3.05, 3.63) is 136 Å². The average molecular weight is 658 g/mol. The van der Waals surface area contributed by atoms with Crippen molar-refractivity contribution >= 4 is 62.4 Å². The number of aliphatic imine (C=N–C) groups is 1. The molecule has 0 saturated heterocycles. The van der Waals surface area contributed by atoms with Crippen LogP contribution in [0.2, 0.25) is 0 Å². The molecule has 0 aromatic heterocycles. The normalized spacial score (nSPS) is 13.5. The fraction of sp³-hybridized carbons (Fsp3) is 0.125. The van der Waals surface area contributed by atoms with Crippen molar-refractivity contribution in [2.45, 2.75) is 20.3 Å². The van der Waals surface area contributed by atoms with Crippen LogP contribution in [0.5, 0.6) is 0 Å². The molecule has 0 spiro atoms. The second kappa shape index (κ2) is 11.8. The number of ketones is 1. The Morgan fingerprint density at radius 1 is 0.850 bits per heavy atom. The fourth-order valence-corrected chi connectivity index (χ4v) is 13.5. The molecule has 8 heteroatoms. The number of fused-ring (bicyclic) bond motifs is 1. The number of halogens is 1. The van der Waals surface area contributed by atoms with Gasteiger partial charge in [0, 0.05) is 0 Å². The van der Waals surface area contributed by atoms with E-state index < -0.39 is 22.6 Å². The first-order valence-electron chi connectivity index (χ1n) is 13.0. The van der Waals surface area contributed by atoms with E-state index in [0.717, 1.165) is 7.16 Å². The minimum absolute atomic E-state index is 0.0244. The van der Waals surface area contributed by atoms with E-state index in [-0.39, 0.29) is 17.4 Å². The van der Waals surface area contributed by atoms with Gasteiger partial charge in [0.15, 0.2) is 0 Å². The molecule has 40 heavy (non-hydrogen) atoms. The summed E-state index contributed by atoms with van der Waals surface area (Å²) in [7, 11) is 7.61. The van der Waals surface area contributed by atoms with Crippen molar-refractivity contribution in [1.29, 1.82) is 0 Å². The quantitative estimate of drug-likeness (QED) is 0.0855. The predicted octanol–water partition coefficient (Wildman–Crippen LogP) is 6.83. The van der Waals surface area contributed by atoms with Gasteiger partial charge >= 0.3 is 242 Å². The topological polar surface area (TPSA) is 81.8 Å². The standard InChI is InChI=1S/C20H18N2O4.2C6H5.ClH.Sn/c1-12(2)11-17(21-13-7-9-14(10-8-13)22(25)26)18-19(23)15-5-3-4-6-16(15)20(18)24;2*1-2-4-6-5-3-1;;/h3-10,12,23H,11H2,1-2H3;2*1-5H;1H;/q;;;;+2/p-2. The molecule has 0 atom stereocenters. The van der Waals surface area contributed by atoms with E-state index in [2.05, 4.69) is 13.8 Å². The van der Waals surface area contributed by atoms with E-state index in [9.17, 15) is 14.9 Å². The van der Waals surface area contributed by atoms with E-state index in [1.54, 1.807) is 18.2 Å². The van der Waals surface area contributed by atoms with Crippen LogP contribution in [0.4, 0.5) is 11.4 Å². The number of nitro benzene ring substituents is 1. The van der Waals surface area contributed by atoms with Gasteiger partial charge in [0.2, 0.25) is 0 Å². The van der Waals surface area contributed by atoms with E-state index >= 15 is 0 Å². The third kappa shape index (κ3) is 5.60. The summed E-state index contributed by atoms with van der Waals surface area (Å²) in [4.78, 5) is 29.6. The molecule has 6 nitrogen and oxygen atoms in total. The van der Waals surface area contributed by atoms with Crippen molar-refractivity contribution < 1.29 is 12.8 Å². The Balaban J connectivity index is 1.72. The first kappa shape index (κ1) is 27.8. The minimum atomic E-state index is -4.37. The number of carbonyl (C=O) groups is 1. The molecule has 0 bridgehead atoms. The van der Waals surface area contributed by atoms with Crippen LogP contribution in [0, 0.1) is 16.0 Å². The van der Waals surface area contributed by atoms with Crippen LogP contribution < -0.4 is 7.16 Å². The molecule has 0 saturated carbocycles. The fourth-order valence-electron chi connectivity index (χ4n) is 4.74. The molecule has 0 radical (unpaired) electrons. The average Bonchev–Trinajstić information content (AvgIpc) is 3.24. The molecule has 4 aromatic rings. The Morgan fingerprint density at radius 3 is 1.90 bits per heavy atom. The maximum atomic E-state index is 14.0.